The van der Waals surface area contributed by atoms with Gasteiger partial charge in [0.25, 0.3) is 23.6 Å². The van der Waals surface area contributed by atoms with Crippen LogP contribution >= 0.6 is 0 Å². The summed E-state index contributed by atoms with van der Waals surface area (Å²) >= 11 is 0. The Kier molecular flexibility index (Phi) is 26.1. The van der Waals surface area contributed by atoms with E-state index < -0.39 is 71.6 Å². The number of amides is 8. The molecule has 0 bridgehead atoms. The van der Waals surface area contributed by atoms with E-state index in [1.165, 1.54) is 26.4 Å². The van der Waals surface area contributed by atoms with Crippen molar-refractivity contribution in [2.45, 2.75) is 167 Å². The monoisotopic (exact) mass is 1470 g/mol. The van der Waals surface area contributed by atoms with Crippen molar-refractivity contribution in [3.63, 3.8) is 0 Å². The van der Waals surface area contributed by atoms with Crippen LogP contribution in [0.3, 0.4) is 0 Å². The molecule has 2 unspecified atom stereocenters. The topological polar surface area (TPSA) is 282 Å². The van der Waals surface area contributed by atoms with Crippen molar-refractivity contribution in [2.75, 3.05) is 147 Å². The lowest BCUT2D eigenvalue weighted by Gasteiger charge is -2.42. The SMILES string of the molecule is C=C1C[C@H]2[C@H](C3CCCCO3)N(C(=O)OC(C)(C)C)c3cc(OCc4cc(COc5cc6c(cc5OC)C(=O)N5CC(=C)C[C@H]5[C@H](C5CCCCO5)N6C(=O)OC(C)(C)C)cc(N5CCN(C(=O)CCOCCOCCOCCOCCNC(=O)CCN6C(=O)C=CC6=O)CC5)c4)c(OC)cc3C(=O)N2C1. The van der Waals surface area contributed by atoms with Crippen LogP contribution in [-0.2, 0) is 70.3 Å². The summed E-state index contributed by atoms with van der Waals surface area (Å²) in [6.07, 6.45) is 6.30. The minimum Gasteiger partial charge on any atom is -0.493 e. The molecule has 3 aromatic rings. The van der Waals surface area contributed by atoms with Gasteiger partial charge in [-0.25, -0.2) is 9.59 Å². The highest BCUT2D eigenvalue weighted by atomic mass is 16.6. The van der Waals surface area contributed by atoms with Gasteiger partial charge in [0.1, 0.15) is 24.4 Å². The Bertz CT molecular complexity index is 3560. The first-order chi connectivity index (χ1) is 50.9. The number of anilines is 3. The quantitative estimate of drug-likeness (QED) is 0.0388. The average Bonchev–Trinajstić information content (AvgIpc) is 1.58. The lowest BCUT2D eigenvalue weighted by molar-refractivity contribution is -0.137. The molecule has 28 nitrogen and oxygen atoms in total. The maximum Gasteiger partial charge on any atom is 0.415 e. The summed E-state index contributed by atoms with van der Waals surface area (Å²) in [5, 5.41) is 2.70. The van der Waals surface area contributed by atoms with Crippen molar-refractivity contribution in [1.82, 2.24) is 24.9 Å². The van der Waals surface area contributed by atoms with Gasteiger partial charge in [-0.05, 0) is 134 Å². The van der Waals surface area contributed by atoms with Crippen molar-refractivity contribution in [2.24, 2.45) is 0 Å². The number of carbonyl (C=O) groups excluding carboxylic acids is 8. The zero-order valence-corrected chi connectivity index (χ0v) is 62.6. The Morgan fingerprint density at radius 3 is 1.43 bits per heavy atom. The van der Waals surface area contributed by atoms with Gasteiger partial charge in [-0.15, -0.1) is 0 Å². The Labute approximate surface area is 620 Å². The van der Waals surface area contributed by atoms with Crippen molar-refractivity contribution in [3.8, 4) is 23.0 Å². The van der Waals surface area contributed by atoms with E-state index >= 15 is 0 Å². The molecule has 5 fully saturated rings. The molecule has 106 heavy (non-hydrogen) atoms. The maximum atomic E-state index is 15.0. The second-order valence-corrected chi connectivity index (χ2v) is 29.9. The molecule has 0 aliphatic carbocycles. The van der Waals surface area contributed by atoms with E-state index in [1.807, 2.05) is 64.6 Å². The van der Waals surface area contributed by atoms with Crippen molar-refractivity contribution in [1.29, 1.82) is 0 Å². The highest BCUT2D eigenvalue weighted by molar-refractivity contribution is 6.13. The first-order valence-corrected chi connectivity index (χ1v) is 37.1. The Hall–Kier alpha value is -8.80. The van der Waals surface area contributed by atoms with Gasteiger partial charge in [0.2, 0.25) is 11.8 Å². The van der Waals surface area contributed by atoms with Gasteiger partial charge < -0.3 is 81.8 Å². The van der Waals surface area contributed by atoms with Gasteiger partial charge in [-0.2, -0.15) is 0 Å². The number of hydrogen-bond acceptors (Lipinski definition) is 21. The van der Waals surface area contributed by atoms with E-state index in [1.54, 1.807) is 43.9 Å². The summed E-state index contributed by atoms with van der Waals surface area (Å²) in [5.74, 6) is -0.699. The fourth-order valence-electron chi connectivity index (χ4n) is 15.0. The number of rotatable bonds is 29. The second kappa shape index (κ2) is 35.3. The molecule has 8 aliphatic heterocycles. The molecule has 0 spiro atoms. The van der Waals surface area contributed by atoms with E-state index in [0.29, 0.717) is 134 Å². The number of nitrogens with one attached hydrogen (secondary N) is 1. The molecule has 0 aromatic heterocycles. The normalized spacial score (nSPS) is 21.9. The molecular weight excluding hydrogens is 1370 g/mol. The van der Waals surface area contributed by atoms with Gasteiger partial charge in [0.05, 0.1) is 132 Å². The standard InChI is InChI=1S/C78H104N8O20/c1-50-37-59-71(61-15-11-13-27-101-61)85(75(93)105-77(3,4)5)57-44-65(63(95-9)42-55(57)73(91)83(59)46-50)103-48-52-39-53(49-104-66-45-58-56(43-64(66)96-10)74(92)84-47-51(2)38-60(84)72(62-16-12-14-28-102-62)86(58)76(94)106-78(6,7)8)41-54(40-52)80-23-25-81(26-24-80)68(88)20-29-97-31-33-99-35-36-100-34-32-98-30-21-79-67(87)19-22-82-69(89)17-18-70(82)90/h17-18,39-45,59-62,71-72H,1-2,11-16,19-38,46-49H2,3-10H3,(H,79,87)/t59-,60-,61?,62?,71+,72+/m0/s1. The van der Waals surface area contributed by atoms with Crippen LogP contribution in [0.4, 0.5) is 26.7 Å². The predicted octanol–water partition coefficient (Wildman–Crippen LogP) is 8.33. The predicted molar refractivity (Wildman–Crippen MR) is 391 cm³/mol. The lowest BCUT2D eigenvalue weighted by atomic mass is 9.92. The van der Waals surface area contributed by atoms with E-state index in [-0.39, 0.29) is 117 Å². The molecule has 1 N–H and O–H groups in total. The molecule has 3 aromatic carbocycles. The first kappa shape index (κ1) is 78.3. The number of methoxy groups -OCH3 is 2. The Balaban J connectivity index is 0.782. The molecule has 5 saturated heterocycles. The number of carbonyl (C=O) groups is 8. The summed E-state index contributed by atoms with van der Waals surface area (Å²) < 4.78 is 73.7. The van der Waals surface area contributed by atoms with E-state index in [9.17, 15) is 38.4 Å². The molecule has 6 atom stereocenters. The largest absolute Gasteiger partial charge is 0.493 e. The lowest BCUT2D eigenvalue weighted by Crippen LogP contribution is -2.58. The number of hydrogen-bond donors (Lipinski definition) is 1. The maximum absolute atomic E-state index is 15.0. The number of piperazine rings is 1. The summed E-state index contributed by atoms with van der Waals surface area (Å²) in [4.78, 5) is 121. The zero-order valence-electron chi connectivity index (χ0n) is 62.6. The molecule has 0 radical (unpaired) electrons. The first-order valence-electron chi connectivity index (χ1n) is 37.1. The highest BCUT2D eigenvalue weighted by Crippen LogP contribution is 2.47. The third-order valence-electron chi connectivity index (χ3n) is 19.8. The van der Waals surface area contributed by atoms with Gasteiger partial charge in [-0.1, -0.05) is 24.3 Å². The summed E-state index contributed by atoms with van der Waals surface area (Å²) in [5.41, 5.74) is 3.31. The number of ether oxygens (including phenoxy) is 12. The molecule has 11 rings (SSSR count). The van der Waals surface area contributed by atoms with Crippen molar-refractivity contribution < 1.29 is 95.2 Å². The molecule has 28 heteroatoms. The minimum atomic E-state index is -0.890. The Morgan fingerprint density at radius 1 is 0.547 bits per heavy atom. The average molecular weight is 1470 g/mol. The molecule has 576 valence electrons. The van der Waals surface area contributed by atoms with Gasteiger partial charge in [0, 0.05) is 102 Å². The Morgan fingerprint density at radius 2 is 1.00 bits per heavy atom. The summed E-state index contributed by atoms with van der Waals surface area (Å²) in [6.45, 7) is 25.5. The fraction of sp³-hybridized carbons (Fsp3) is 0.590. The van der Waals surface area contributed by atoms with Crippen LogP contribution in [0.15, 0.2) is 78.9 Å². The zero-order chi connectivity index (χ0) is 75.4. The minimum absolute atomic E-state index is 0.00678. The number of benzene rings is 3. The molecule has 8 heterocycles. The van der Waals surface area contributed by atoms with E-state index in [4.69, 9.17) is 56.8 Å². The molecule has 8 aliphatic rings. The van der Waals surface area contributed by atoms with Crippen LogP contribution in [0.25, 0.3) is 0 Å². The molecule has 8 amide bonds. The molecular formula is C78H104N8O20. The van der Waals surface area contributed by atoms with Crippen LogP contribution in [-0.4, -0.2) is 247 Å². The fourth-order valence-corrected chi connectivity index (χ4v) is 15.0. The van der Waals surface area contributed by atoms with Crippen LogP contribution in [0.2, 0.25) is 0 Å². The summed E-state index contributed by atoms with van der Waals surface area (Å²) in [6, 6.07) is 10.5. The number of fused-ring (bicyclic) bond motifs is 4. The van der Waals surface area contributed by atoms with E-state index in [0.717, 1.165) is 47.4 Å². The van der Waals surface area contributed by atoms with Gasteiger partial charge in [0.15, 0.2) is 23.0 Å². The molecule has 0 saturated carbocycles. The van der Waals surface area contributed by atoms with Crippen LogP contribution in [0, 0.1) is 0 Å². The van der Waals surface area contributed by atoms with Crippen LogP contribution in [0.1, 0.15) is 138 Å². The summed E-state index contributed by atoms with van der Waals surface area (Å²) in [7, 11) is 3.00. The third-order valence-corrected chi connectivity index (χ3v) is 19.8. The van der Waals surface area contributed by atoms with Crippen molar-refractivity contribution >= 4 is 64.7 Å². The van der Waals surface area contributed by atoms with Crippen LogP contribution in [0.5, 0.6) is 23.0 Å². The smallest absolute Gasteiger partial charge is 0.415 e. The third kappa shape index (κ3) is 19.3. The number of imide groups is 1. The van der Waals surface area contributed by atoms with Gasteiger partial charge in [-0.3, -0.25) is 43.5 Å². The van der Waals surface area contributed by atoms with E-state index in [2.05, 4.69) is 23.4 Å². The highest BCUT2D eigenvalue weighted by Gasteiger charge is 2.53. The van der Waals surface area contributed by atoms with Crippen LogP contribution < -0.4 is 39.0 Å². The second-order valence-electron chi connectivity index (χ2n) is 29.9. The number of nitrogens with zero attached hydrogens (tertiary/aromatic N) is 7. The van der Waals surface area contributed by atoms with Gasteiger partial charge >= 0.3 is 12.2 Å². The van der Waals surface area contributed by atoms with Crippen molar-refractivity contribution in [3.05, 3.63) is 101 Å².